The number of hydrogen-bond donors (Lipinski definition) is 2. The van der Waals surface area contributed by atoms with E-state index in [2.05, 4.69) is 10.6 Å². The quantitative estimate of drug-likeness (QED) is 0.312. The molecule has 0 radical (unpaired) electrons. The van der Waals surface area contributed by atoms with Crippen molar-refractivity contribution in [3.63, 3.8) is 0 Å². The molecule has 4 aliphatic rings. The average Bonchev–Trinajstić information content (AvgIpc) is 2.85. The first-order chi connectivity index (χ1) is 17.5. The lowest BCUT2D eigenvalue weighted by atomic mass is 9.72. The van der Waals surface area contributed by atoms with Gasteiger partial charge in [-0.05, 0) is 65.2 Å². The molecular weight excluding hydrogens is 480 g/mol. The van der Waals surface area contributed by atoms with E-state index >= 15 is 0 Å². The van der Waals surface area contributed by atoms with Gasteiger partial charge in [0.25, 0.3) is 0 Å². The minimum absolute atomic E-state index is 0.0295. The summed E-state index contributed by atoms with van der Waals surface area (Å²) in [6.07, 6.45) is 6.16. The highest BCUT2D eigenvalue weighted by molar-refractivity contribution is 6.01. The molecule has 37 heavy (non-hydrogen) atoms. The molecular formula is C26H42N4O7. The number of nitrogens with zero attached hydrogens (tertiary/aromatic N) is 2. The molecule has 11 nitrogen and oxygen atoms in total. The van der Waals surface area contributed by atoms with Gasteiger partial charge >= 0.3 is 12.1 Å². The van der Waals surface area contributed by atoms with Crippen LogP contribution in [0.1, 0.15) is 78.6 Å². The first-order valence-corrected chi connectivity index (χ1v) is 13.4. The van der Waals surface area contributed by atoms with E-state index in [4.69, 9.17) is 9.47 Å². The average molecular weight is 523 g/mol. The number of carbonyl (C=O) groups excluding carboxylic acids is 5. The van der Waals surface area contributed by atoms with Crippen LogP contribution in [0.4, 0.5) is 4.79 Å². The summed E-state index contributed by atoms with van der Waals surface area (Å²) in [5, 5.41) is 5.55. The molecule has 3 heterocycles. The van der Waals surface area contributed by atoms with E-state index in [1.165, 1.54) is 12.0 Å². The molecule has 4 fully saturated rings. The first kappa shape index (κ1) is 28.7. The molecule has 4 amide bonds. The fraction of sp³-hybridized carbons (Fsp3) is 0.808. The number of carbonyl (C=O) groups is 5. The highest BCUT2D eigenvalue weighted by Crippen LogP contribution is 2.43. The second-order valence-corrected chi connectivity index (χ2v) is 11.2. The van der Waals surface area contributed by atoms with Crippen molar-refractivity contribution in [1.29, 1.82) is 0 Å². The maximum absolute atomic E-state index is 13.5. The van der Waals surface area contributed by atoms with Crippen molar-refractivity contribution >= 4 is 29.8 Å². The number of alkyl carbamates (subject to hydrolysis) is 1. The van der Waals surface area contributed by atoms with Gasteiger partial charge in [0.2, 0.25) is 17.7 Å². The molecule has 208 valence electrons. The number of esters is 1. The molecule has 2 bridgehead atoms. The molecule has 0 aromatic carbocycles. The standard InChI is InChI=1S/C26H42N4O7/c1-26(2,3)37-25(35)28-14-8-6-5-7-13-27-20(31)16-29-19(15-21(32)36-4)23(33)30-18-11-9-17(10-12-18)22(30)24(29)34/h17-19,22H,5-16H2,1-4H3,(H,27,31)(H,28,35)/t17?,18?,19-,22-/m0/s1. The van der Waals surface area contributed by atoms with E-state index in [-0.39, 0.29) is 42.6 Å². The second kappa shape index (κ2) is 12.6. The number of unbranched alkanes of at least 4 members (excludes halogenated alkanes) is 3. The van der Waals surface area contributed by atoms with Gasteiger partial charge in [0.15, 0.2) is 0 Å². The lowest BCUT2D eigenvalue weighted by molar-refractivity contribution is -0.178. The molecule has 4 rings (SSSR count). The van der Waals surface area contributed by atoms with Crippen LogP contribution < -0.4 is 10.6 Å². The normalized spacial score (nSPS) is 25.0. The third-order valence-corrected chi connectivity index (χ3v) is 7.33. The summed E-state index contributed by atoms with van der Waals surface area (Å²) in [5.74, 6) is -1.32. The molecule has 0 aromatic rings. The molecule has 2 atom stereocenters. The summed E-state index contributed by atoms with van der Waals surface area (Å²) < 4.78 is 9.95. The Balaban J connectivity index is 1.44. The molecule has 0 spiro atoms. The Labute approximate surface area is 218 Å². The molecule has 3 saturated heterocycles. The molecule has 1 aliphatic carbocycles. The number of piperazine rings is 1. The summed E-state index contributed by atoms with van der Waals surface area (Å²) in [5.41, 5.74) is -0.525. The van der Waals surface area contributed by atoms with E-state index in [0.29, 0.717) is 13.1 Å². The number of amides is 4. The Morgan fingerprint density at radius 1 is 0.919 bits per heavy atom. The summed E-state index contributed by atoms with van der Waals surface area (Å²) in [7, 11) is 1.24. The van der Waals surface area contributed by atoms with Crippen molar-refractivity contribution < 1.29 is 33.4 Å². The van der Waals surface area contributed by atoms with E-state index in [1.807, 2.05) is 20.8 Å². The maximum atomic E-state index is 13.5. The van der Waals surface area contributed by atoms with Crippen molar-refractivity contribution in [2.24, 2.45) is 5.92 Å². The van der Waals surface area contributed by atoms with Crippen molar-refractivity contribution in [2.75, 3.05) is 26.7 Å². The first-order valence-electron chi connectivity index (χ1n) is 13.4. The lowest BCUT2D eigenvalue weighted by Gasteiger charge is -2.56. The highest BCUT2D eigenvalue weighted by atomic mass is 16.6. The van der Waals surface area contributed by atoms with Crippen LogP contribution in [0.25, 0.3) is 0 Å². The van der Waals surface area contributed by atoms with Crippen molar-refractivity contribution in [3.05, 3.63) is 0 Å². The van der Waals surface area contributed by atoms with Crippen LogP contribution in [-0.4, -0.2) is 90.1 Å². The van der Waals surface area contributed by atoms with Gasteiger partial charge in [0, 0.05) is 19.1 Å². The van der Waals surface area contributed by atoms with Crippen LogP contribution in [0, 0.1) is 5.92 Å². The molecule has 11 heteroatoms. The number of hydrogen-bond acceptors (Lipinski definition) is 7. The zero-order chi connectivity index (χ0) is 27.2. The zero-order valence-corrected chi connectivity index (χ0v) is 22.5. The van der Waals surface area contributed by atoms with Gasteiger partial charge in [0.05, 0.1) is 13.5 Å². The third-order valence-electron chi connectivity index (χ3n) is 7.33. The largest absolute Gasteiger partial charge is 0.469 e. The number of nitrogens with one attached hydrogen (secondary N) is 2. The molecule has 3 aliphatic heterocycles. The van der Waals surface area contributed by atoms with E-state index in [1.54, 1.807) is 4.90 Å². The van der Waals surface area contributed by atoms with Gasteiger partial charge in [-0.3, -0.25) is 19.2 Å². The maximum Gasteiger partial charge on any atom is 0.407 e. The fourth-order valence-electron chi connectivity index (χ4n) is 5.59. The Morgan fingerprint density at radius 3 is 2.14 bits per heavy atom. The molecule has 1 saturated carbocycles. The van der Waals surface area contributed by atoms with Gasteiger partial charge in [-0.2, -0.15) is 0 Å². The van der Waals surface area contributed by atoms with Crippen molar-refractivity contribution in [1.82, 2.24) is 20.4 Å². The Hall–Kier alpha value is -2.85. The van der Waals surface area contributed by atoms with Gasteiger partial charge in [-0.15, -0.1) is 0 Å². The summed E-state index contributed by atoms with van der Waals surface area (Å²) >= 11 is 0. The summed E-state index contributed by atoms with van der Waals surface area (Å²) in [4.78, 5) is 66.2. The Bertz CT molecular complexity index is 863. The third kappa shape index (κ3) is 7.58. The Kier molecular flexibility index (Phi) is 9.78. The number of fused-ring (bicyclic) bond motifs is 2. The fourth-order valence-corrected chi connectivity index (χ4v) is 5.59. The summed E-state index contributed by atoms with van der Waals surface area (Å²) in [6.45, 7) is 6.15. The number of rotatable bonds is 11. The minimum Gasteiger partial charge on any atom is -0.469 e. The zero-order valence-electron chi connectivity index (χ0n) is 22.5. The van der Waals surface area contributed by atoms with E-state index in [9.17, 15) is 24.0 Å². The van der Waals surface area contributed by atoms with Crippen LogP contribution in [-0.2, 0) is 28.7 Å². The predicted molar refractivity (Wildman–Crippen MR) is 134 cm³/mol. The molecule has 0 unspecified atom stereocenters. The van der Waals surface area contributed by atoms with Crippen molar-refractivity contribution in [2.45, 2.75) is 102 Å². The second-order valence-electron chi connectivity index (χ2n) is 11.2. The predicted octanol–water partition coefficient (Wildman–Crippen LogP) is 1.73. The van der Waals surface area contributed by atoms with Gasteiger partial charge < -0.3 is 29.9 Å². The van der Waals surface area contributed by atoms with Gasteiger partial charge in [0.1, 0.15) is 24.2 Å². The van der Waals surface area contributed by atoms with Crippen LogP contribution >= 0.6 is 0 Å². The van der Waals surface area contributed by atoms with Crippen LogP contribution in [0.15, 0.2) is 0 Å². The smallest absolute Gasteiger partial charge is 0.407 e. The monoisotopic (exact) mass is 522 g/mol. The van der Waals surface area contributed by atoms with E-state index in [0.717, 1.165) is 51.4 Å². The number of methoxy groups -OCH3 is 1. The van der Waals surface area contributed by atoms with Gasteiger partial charge in [-0.1, -0.05) is 12.8 Å². The minimum atomic E-state index is -1.02. The molecule has 0 aromatic heterocycles. The Morgan fingerprint density at radius 2 is 1.54 bits per heavy atom. The van der Waals surface area contributed by atoms with Crippen molar-refractivity contribution in [3.8, 4) is 0 Å². The lowest BCUT2D eigenvalue weighted by Crippen LogP contribution is -2.72. The summed E-state index contributed by atoms with van der Waals surface area (Å²) in [6, 6.07) is -1.52. The SMILES string of the molecule is COC(=O)C[C@H]1C(=O)N2C3CCC(CC3)[C@H]2C(=O)N1CC(=O)NCCCCCCNC(=O)OC(C)(C)C. The van der Waals surface area contributed by atoms with E-state index < -0.39 is 29.7 Å². The topological polar surface area (TPSA) is 134 Å². The van der Waals surface area contributed by atoms with Crippen LogP contribution in [0.5, 0.6) is 0 Å². The van der Waals surface area contributed by atoms with Gasteiger partial charge in [-0.25, -0.2) is 4.79 Å². The highest BCUT2D eigenvalue weighted by Gasteiger charge is 2.55. The van der Waals surface area contributed by atoms with Crippen LogP contribution in [0.2, 0.25) is 0 Å². The molecule has 2 N–H and O–H groups in total. The van der Waals surface area contributed by atoms with Crippen LogP contribution in [0.3, 0.4) is 0 Å². The number of ether oxygens (including phenoxy) is 2. The number of piperidine rings is 2.